The van der Waals surface area contributed by atoms with Crippen LogP contribution in [0.4, 0.5) is 10.1 Å². The summed E-state index contributed by atoms with van der Waals surface area (Å²) in [5.74, 6) is -2.03. The Hall–Kier alpha value is -2.69. The zero-order valence-corrected chi connectivity index (χ0v) is 16.1. The highest BCUT2D eigenvalue weighted by Crippen LogP contribution is 2.24. The molecule has 1 unspecified atom stereocenters. The van der Waals surface area contributed by atoms with E-state index in [1.165, 1.54) is 37.3 Å². The second kappa shape index (κ2) is 9.00. The molecule has 8 nitrogen and oxygen atoms in total. The quantitative estimate of drug-likeness (QED) is 0.648. The molecule has 0 saturated carbocycles. The Kier molecular flexibility index (Phi) is 6.95. The third-order valence-electron chi connectivity index (χ3n) is 3.35. The third-order valence-corrected chi connectivity index (χ3v) is 4.55. The first-order valence-corrected chi connectivity index (χ1v) is 9.70. The Balaban J connectivity index is 1.90. The summed E-state index contributed by atoms with van der Waals surface area (Å²) >= 11 is 5.77. The standard InChI is InChI=1S/C17H16ClFN2O6S/c1-10(17(23)21-12-3-2-4-13(8-12)28(20,24)25)27-16(22)9-26-15-6-5-11(19)7-14(15)18/h2-8,10H,9H2,1H3,(H,21,23)(H2,20,24,25). The molecule has 2 aromatic rings. The molecule has 28 heavy (non-hydrogen) atoms. The Bertz CT molecular complexity index is 999. The van der Waals surface area contributed by atoms with Crippen molar-refractivity contribution in [3.05, 3.63) is 53.3 Å². The average Bonchev–Trinajstić information content (AvgIpc) is 2.60. The molecule has 0 aliphatic rings. The van der Waals surface area contributed by atoms with Crippen molar-refractivity contribution < 1.29 is 31.9 Å². The van der Waals surface area contributed by atoms with Gasteiger partial charge in [-0.1, -0.05) is 17.7 Å². The molecule has 150 valence electrons. The van der Waals surface area contributed by atoms with Crippen LogP contribution in [0.25, 0.3) is 0 Å². The largest absolute Gasteiger partial charge is 0.480 e. The van der Waals surface area contributed by atoms with Gasteiger partial charge in [-0.25, -0.2) is 22.7 Å². The summed E-state index contributed by atoms with van der Waals surface area (Å²) in [4.78, 5) is 23.7. The van der Waals surface area contributed by atoms with Gasteiger partial charge in [0.15, 0.2) is 12.7 Å². The fraction of sp³-hybridized carbons (Fsp3) is 0.176. The topological polar surface area (TPSA) is 125 Å². The van der Waals surface area contributed by atoms with Crippen LogP contribution in [-0.2, 0) is 24.3 Å². The van der Waals surface area contributed by atoms with Crippen LogP contribution >= 0.6 is 11.6 Å². The molecule has 0 spiro atoms. The summed E-state index contributed by atoms with van der Waals surface area (Å²) in [7, 11) is -3.93. The van der Waals surface area contributed by atoms with Crippen LogP contribution in [0.1, 0.15) is 6.92 Å². The second-order valence-electron chi connectivity index (χ2n) is 5.56. The van der Waals surface area contributed by atoms with Crippen LogP contribution in [0.5, 0.6) is 5.75 Å². The van der Waals surface area contributed by atoms with Gasteiger partial charge in [-0.15, -0.1) is 0 Å². The number of nitrogens with one attached hydrogen (secondary N) is 1. The van der Waals surface area contributed by atoms with Gasteiger partial charge in [0.05, 0.1) is 9.92 Å². The number of anilines is 1. The molecule has 0 fully saturated rings. The SMILES string of the molecule is CC(OC(=O)COc1ccc(F)cc1Cl)C(=O)Nc1cccc(S(N)(=O)=O)c1. The van der Waals surface area contributed by atoms with E-state index in [9.17, 15) is 22.4 Å². The van der Waals surface area contributed by atoms with E-state index in [1.807, 2.05) is 0 Å². The highest BCUT2D eigenvalue weighted by Gasteiger charge is 2.19. The van der Waals surface area contributed by atoms with E-state index in [0.29, 0.717) is 0 Å². The van der Waals surface area contributed by atoms with Crippen LogP contribution in [-0.4, -0.2) is 33.0 Å². The van der Waals surface area contributed by atoms with Crippen molar-refractivity contribution in [3.63, 3.8) is 0 Å². The van der Waals surface area contributed by atoms with Crippen molar-refractivity contribution in [3.8, 4) is 5.75 Å². The smallest absolute Gasteiger partial charge is 0.344 e. The predicted octanol–water partition coefficient (Wildman–Crippen LogP) is 2.08. The Morgan fingerprint density at radius 3 is 2.61 bits per heavy atom. The first-order valence-electron chi connectivity index (χ1n) is 7.77. The van der Waals surface area contributed by atoms with E-state index in [-0.39, 0.29) is 21.4 Å². The lowest BCUT2D eigenvalue weighted by atomic mass is 10.3. The van der Waals surface area contributed by atoms with E-state index in [2.05, 4.69) is 5.32 Å². The molecule has 0 aliphatic carbocycles. The monoisotopic (exact) mass is 430 g/mol. The molecule has 1 amide bonds. The van der Waals surface area contributed by atoms with Gasteiger partial charge in [0.25, 0.3) is 5.91 Å². The number of esters is 1. The van der Waals surface area contributed by atoms with Crippen molar-refractivity contribution in [2.75, 3.05) is 11.9 Å². The van der Waals surface area contributed by atoms with Gasteiger partial charge in [-0.05, 0) is 43.3 Å². The Morgan fingerprint density at radius 1 is 1.25 bits per heavy atom. The van der Waals surface area contributed by atoms with Crippen LogP contribution in [0, 0.1) is 5.82 Å². The highest BCUT2D eigenvalue weighted by atomic mass is 35.5. The van der Waals surface area contributed by atoms with Crippen LogP contribution < -0.4 is 15.2 Å². The van der Waals surface area contributed by atoms with E-state index < -0.39 is 40.4 Å². The number of halogens is 2. The number of sulfonamides is 1. The first-order chi connectivity index (χ1) is 13.1. The molecule has 1 atom stereocenters. The summed E-state index contributed by atoms with van der Waals surface area (Å²) in [6, 6.07) is 8.66. The fourth-order valence-electron chi connectivity index (χ4n) is 2.01. The van der Waals surface area contributed by atoms with E-state index >= 15 is 0 Å². The van der Waals surface area contributed by atoms with Gasteiger partial charge in [0.1, 0.15) is 11.6 Å². The molecule has 0 bridgehead atoms. The van der Waals surface area contributed by atoms with Crippen molar-refractivity contribution in [2.24, 2.45) is 5.14 Å². The molecule has 0 aromatic heterocycles. The number of hydrogen-bond acceptors (Lipinski definition) is 6. The van der Waals surface area contributed by atoms with Crippen LogP contribution in [0.2, 0.25) is 5.02 Å². The summed E-state index contributed by atoms with van der Waals surface area (Å²) in [5.41, 5.74) is 0.161. The van der Waals surface area contributed by atoms with Gasteiger partial charge in [0, 0.05) is 5.69 Å². The minimum Gasteiger partial charge on any atom is -0.480 e. The summed E-state index contributed by atoms with van der Waals surface area (Å²) < 4.78 is 45.7. The van der Waals surface area contributed by atoms with Gasteiger partial charge in [-0.3, -0.25) is 4.79 Å². The van der Waals surface area contributed by atoms with Crippen molar-refractivity contribution in [2.45, 2.75) is 17.9 Å². The van der Waals surface area contributed by atoms with Gasteiger partial charge >= 0.3 is 5.97 Å². The summed E-state index contributed by atoms with van der Waals surface area (Å²) in [6.07, 6.45) is -1.20. The maximum absolute atomic E-state index is 13.0. The first kappa shape index (κ1) is 21.6. The van der Waals surface area contributed by atoms with Crippen LogP contribution in [0.15, 0.2) is 47.4 Å². The number of ether oxygens (including phenoxy) is 2. The number of primary sulfonamides is 1. The second-order valence-corrected chi connectivity index (χ2v) is 7.53. The number of benzene rings is 2. The molecular formula is C17H16ClFN2O6S. The van der Waals surface area contributed by atoms with Crippen molar-refractivity contribution in [1.29, 1.82) is 0 Å². The molecule has 0 saturated heterocycles. The van der Waals surface area contributed by atoms with Gasteiger partial charge in [0.2, 0.25) is 10.0 Å². The van der Waals surface area contributed by atoms with Gasteiger partial charge < -0.3 is 14.8 Å². The number of rotatable bonds is 7. The van der Waals surface area contributed by atoms with Crippen molar-refractivity contribution >= 4 is 39.2 Å². The lowest BCUT2D eigenvalue weighted by Crippen LogP contribution is -2.31. The minimum atomic E-state index is -3.93. The van der Waals surface area contributed by atoms with E-state index in [1.54, 1.807) is 0 Å². The molecule has 0 aliphatic heterocycles. The number of nitrogens with two attached hydrogens (primary N) is 1. The molecule has 11 heteroatoms. The third kappa shape index (κ3) is 6.19. The number of carbonyl (C=O) groups excluding carboxylic acids is 2. The zero-order valence-electron chi connectivity index (χ0n) is 14.5. The summed E-state index contributed by atoms with van der Waals surface area (Å²) in [6.45, 7) is 0.769. The predicted molar refractivity (Wildman–Crippen MR) is 98.9 cm³/mol. The lowest BCUT2D eigenvalue weighted by Gasteiger charge is -2.14. The van der Waals surface area contributed by atoms with Crippen LogP contribution in [0.3, 0.4) is 0 Å². The maximum Gasteiger partial charge on any atom is 0.344 e. The van der Waals surface area contributed by atoms with E-state index in [0.717, 1.165) is 12.1 Å². The number of hydrogen-bond donors (Lipinski definition) is 2. The lowest BCUT2D eigenvalue weighted by molar-refractivity contribution is -0.155. The van der Waals surface area contributed by atoms with Gasteiger partial charge in [-0.2, -0.15) is 0 Å². The molecule has 0 heterocycles. The molecule has 2 aromatic carbocycles. The fourth-order valence-corrected chi connectivity index (χ4v) is 2.79. The molecular weight excluding hydrogens is 415 g/mol. The highest BCUT2D eigenvalue weighted by molar-refractivity contribution is 7.89. The number of amides is 1. The molecule has 0 radical (unpaired) electrons. The minimum absolute atomic E-state index is 0.0201. The summed E-state index contributed by atoms with van der Waals surface area (Å²) in [5, 5.41) is 7.42. The van der Waals surface area contributed by atoms with E-state index in [4.69, 9.17) is 26.2 Å². The molecule has 2 rings (SSSR count). The Morgan fingerprint density at radius 2 is 1.96 bits per heavy atom. The molecule has 3 N–H and O–H groups in total. The maximum atomic E-state index is 13.0. The normalized spacial score (nSPS) is 12.1. The Labute approximate surface area is 165 Å². The zero-order chi connectivity index (χ0) is 20.9. The number of carbonyl (C=O) groups is 2. The van der Waals surface area contributed by atoms with Crippen molar-refractivity contribution in [1.82, 2.24) is 0 Å². The average molecular weight is 431 g/mol.